The Balaban J connectivity index is 2.71. The minimum Gasteiger partial charge on any atom is -0.302 e. The van der Waals surface area contributed by atoms with Crippen LogP contribution < -0.4 is 4.72 Å². The predicted molar refractivity (Wildman–Crippen MR) is 65.4 cm³/mol. The normalized spacial score (nSPS) is 12.1. The second-order valence-corrected chi connectivity index (χ2v) is 5.33. The Labute approximate surface area is 101 Å². The third-order valence-electron chi connectivity index (χ3n) is 2.49. The van der Waals surface area contributed by atoms with Gasteiger partial charge in [-0.3, -0.25) is 0 Å². The monoisotopic (exact) mass is 253 g/mol. The third-order valence-corrected chi connectivity index (χ3v) is 3.97. The number of imidazole rings is 1. The molecule has 0 saturated heterocycles. The highest BCUT2D eigenvalue weighted by molar-refractivity contribution is 7.89. The fourth-order valence-electron chi connectivity index (χ4n) is 1.78. The number of hydrogen-bond donors (Lipinski definition) is 1. The lowest BCUT2D eigenvalue weighted by Gasteiger charge is -2.01. The first-order chi connectivity index (χ1) is 8.10. The van der Waals surface area contributed by atoms with Gasteiger partial charge in [-0.25, -0.2) is 18.1 Å². The SMILES string of the molecule is CCNS(=O)(=O)c1nc(CC)n2ccccc12. The molecule has 0 fully saturated rings. The molecule has 1 N–H and O–H groups in total. The van der Waals surface area contributed by atoms with Crippen LogP contribution in [0.1, 0.15) is 19.7 Å². The summed E-state index contributed by atoms with van der Waals surface area (Å²) in [5.74, 6) is 0.747. The molecule has 0 amide bonds. The average Bonchev–Trinajstić information content (AvgIpc) is 2.68. The maximum absolute atomic E-state index is 12.0. The molecule has 0 bridgehead atoms. The van der Waals surface area contributed by atoms with E-state index in [9.17, 15) is 8.42 Å². The molecule has 0 aliphatic rings. The van der Waals surface area contributed by atoms with Crippen molar-refractivity contribution in [3.8, 4) is 0 Å². The molecule has 2 aromatic rings. The van der Waals surface area contributed by atoms with Crippen LogP contribution >= 0.6 is 0 Å². The molecule has 5 nitrogen and oxygen atoms in total. The fourth-order valence-corrected chi connectivity index (χ4v) is 2.96. The van der Waals surface area contributed by atoms with E-state index in [1.54, 1.807) is 19.1 Å². The first-order valence-corrected chi connectivity index (χ1v) is 7.04. The third kappa shape index (κ3) is 2.05. The Morgan fingerprint density at radius 1 is 1.35 bits per heavy atom. The van der Waals surface area contributed by atoms with E-state index < -0.39 is 10.0 Å². The zero-order valence-electron chi connectivity index (χ0n) is 9.84. The zero-order valence-corrected chi connectivity index (χ0v) is 10.7. The summed E-state index contributed by atoms with van der Waals surface area (Å²) in [5.41, 5.74) is 0.616. The highest BCUT2D eigenvalue weighted by Crippen LogP contribution is 2.18. The Hall–Kier alpha value is -1.40. The van der Waals surface area contributed by atoms with Gasteiger partial charge in [-0.15, -0.1) is 0 Å². The van der Waals surface area contributed by atoms with Crippen molar-refractivity contribution in [1.29, 1.82) is 0 Å². The summed E-state index contributed by atoms with van der Waals surface area (Å²) >= 11 is 0. The van der Waals surface area contributed by atoms with Crippen molar-refractivity contribution in [2.75, 3.05) is 6.54 Å². The second kappa shape index (κ2) is 4.46. The lowest BCUT2D eigenvalue weighted by atomic mass is 10.4. The van der Waals surface area contributed by atoms with Gasteiger partial charge in [-0.2, -0.15) is 0 Å². The number of rotatable bonds is 4. The molecule has 0 saturated carbocycles. The molecular formula is C11H15N3O2S. The Morgan fingerprint density at radius 2 is 2.12 bits per heavy atom. The summed E-state index contributed by atoms with van der Waals surface area (Å²) in [5, 5.41) is 0.108. The van der Waals surface area contributed by atoms with Gasteiger partial charge in [-0.05, 0) is 12.1 Å². The maximum Gasteiger partial charge on any atom is 0.260 e. The van der Waals surface area contributed by atoms with Gasteiger partial charge >= 0.3 is 0 Å². The van der Waals surface area contributed by atoms with Crippen molar-refractivity contribution in [2.45, 2.75) is 25.3 Å². The van der Waals surface area contributed by atoms with Crippen molar-refractivity contribution in [3.63, 3.8) is 0 Å². The smallest absolute Gasteiger partial charge is 0.260 e. The van der Waals surface area contributed by atoms with Gasteiger partial charge in [0.05, 0.1) is 5.52 Å². The summed E-state index contributed by atoms with van der Waals surface area (Å²) in [6.07, 6.45) is 2.51. The largest absolute Gasteiger partial charge is 0.302 e. The summed E-state index contributed by atoms with van der Waals surface area (Å²) in [4.78, 5) is 4.21. The number of aromatic nitrogens is 2. The van der Waals surface area contributed by atoms with Gasteiger partial charge in [0.2, 0.25) is 0 Å². The molecule has 0 atom stereocenters. The molecule has 17 heavy (non-hydrogen) atoms. The standard InChI is InChI=1S/C11H15N3O2S/c1-3-10-13-11(17(15,16)12-4-2)9-7-5-6-8-14(9)10/h5-8,12H,3-4H2,1-2H3. The predicted octanol–water partition coefficient (Wildman–Crippen LogP) is 1.19. The molecule has 0 aromatic carbocycles. The van der Waals surface area contributed by atoms with Crippen molar-refractivity contribution >= 4 is 15.5 Å². The molecule has 0 spiro atoms. The molecule has 0 unspecified atom stereocenters. The number of fused-ring (bicyclic) bond motifs is 1. The van der Waals surface area contributed by atoms with Gasteiger partial charge in [0.25, 0.3) is 10.0 Å². The second-order valence-electron chi connectivity index (χ2n) is 3.64. The minimum atomic E-state index is -3.51. The van der Waals surface area contributed by atoms with Gasteiger partial charge in [0.1, 0.15) is 5.82 Å². The van der Waals surface area contributed by atoms with Crippen LogP contribution in [0.3, 0.4) is 0 Å². The molecule has 2 aromatic heterocycles. The quantitative estimate of drug-likeness (QED) is 0.890. The first-order valence-electron chi connectivity index (χ1n) is 5.55. The molecular weight excluding hydrogens is 238 g/mol. The van der Waals surface area contributed by atoms with Crippen LogP contribution in [-0.4, -0.2) is 24.3 Å². The van der Waals surface area contributed by atoms with Crippen LogP contribution in [-0.2, 0) is 16.4 Å². The molecule has 0 aliphatic heterocycles. The molecule has 2 heterocycles. The molecule has 0 radical (unpaired) electrons. The highest BCUT2D eigenvalue weighted by Gasteiger charge is 2.21. The van der Waals surface area contributed by atoms with Gasteiger partial charge < -0.3 is 4.40 Å². The van der Waals surface area contributed by atoms with E-state index in [0.717, 1.165) is 5.82 Å². The minimum absolute atomic E-state index is 0.108. The molecule has 2 rings (SSSR count). The van der Waals surface area contributed by atoms with Crippen molar-refractivity contribution < 1.29 is 8.42 Å². The van der Waals surface area contributed by atoms with E-state index in [1.807, 2.05) is 23.6 Å². The van der Waals surface area contributed by atoms with Crippen molar-refractivity contribution in [1.82, 2.24) is 14.1 Å². The lowest BCUT2D eigenvalue weighted by Crippen LogP contribution is -2.23. The molecule has 0 aliphatic carbocycles. The topological polar surface area (TPSA) is 63.5 Å². The van der Waals surface area contributed by atoms with Crippen LogP contribution in [0, 0.1) is 0 Å². The first kappa shape index (κ1) is 12.1. The maximum atomic E-state index is 12.0. The Bertz CT molecular complexity index is 631. The van der Waals surface area contributed by atoms with E-state index in [4.69, 9.17) is 0 Å². The van der Waals surface area contributed by atoms with Crippen LogP contribution in [0.4, 0.5) is 0 Å². The number of pyridine rings is 1. The number of hydrogen-bond acceptors (Lipinski definition) is 3. The van der Waals surface area contributed by atoms with Crippen LogP contribution in [0.25, 0.3) is 5.52 Å². The van der Waals surface area contributed by atoms with E-state index in [-0.39, 0.29) is 5.03 Å². The van der Waals surface area contributed by atoms with Gasteiger partial charge in [-0.1, -0.05) is 19.9 Å². The summed E-state index contributed by atoms with van der Waals surface area (Å²) < 4.78 is 28.3. The van der Waals surface area contributed by atoms with E-state index >= 15 is 0 Å². The number of nitrogens with zero attached hydrogens (tertiary/aromatic N) is 2. The average molecular weight is 253 g/mol. The molecule has 92 valence electrons. The number of aryl methyl sites for hydroxylation is 1. The highest BCUT2D eigenvalue weighted by atomic mass is 32.2. The lowest BCUT2D eigenvalue weighted by molar-refractivity contribution is 0.581. The molecule has 6 heteroatoms. The van der Waals surface area contributed by atoms with E-state index in [0.29, 0.717) is 18.5 Å². The van der Waals surface area contributed by atoms with Crippen LogP contribution in [0.2, 0.25) is 0 Å². The van der Waals surface area contributed by atoms with Gasteiger partial charge in [0.15, 0.2) is 5.03 Å². The number of sulfonamides is 1. The Kier molecular flexibility index (Phi) is 3.17. The summed E-state index contributed by atoms with van der Waals surface area (Å²) in [6, 6.07) is 5.43. The summed E-state index contributed by atoms with van der Waals surface area (Å²) in [6.45, 7) is 4.05. The van der Waals surface area contributed by atoms with E-state index in [1.165, 1.54) is 0 Å². The zero-order chi connectivity index (χ0) is 12.5. The number of nitrogens with one attached hydrogen (secondary N) is 1. The van der Waals surface area contributed by atoms with Crippen LogP contribution in [0.5, 0.6) is 0 Å². The van der Waals surface area contributed by atoms with Crippen molar-refractivity contribution in [2.24, 2.45) is 0 Å². The Morgan fingerprint density at radius 3 is 2.76 bits per heavy atom. The van der Waals surface area contributed by atoms with Crippen molar-refractivity contribution in [3.05, 3.63) is 30.2 Å². The summed E-state index contributed by atoms with van der Waals surface area (Å²) in [7, 11) is -3.51. The van der Waals surface area contributed by atoms with E-state index in [2.05, 4.69) is 9.71 Å². The van der Waals surface area contributed by atoms with Crippen LogP contribution in [0.15, 0.2) is 29.4 Å². The van der Waals surface area contributed by atoms with Gasteiger partial charge in [0, 0.05) is 19.2 Å². The fraction of sp³-hybridized carbons (Fsp3) is 0.364.